The summed E-state index contributed by atoms with van der Waals surface area (Å²) in [5.41, 5.74) is 6.71. The summed E-state index contributed by atoms with van der Waals surface area (Å²) in [7, 11) is 1.61. The van der Waals surface area contributed by atoms with Gasteiger partial charge in [0.25, 0.3) is 0 Å². The Morgan fingerprint density at radius 3 is 2.24 bits per heavy atom. The van der Waals surface area contributed by atoms with Crippen molar-refractivity contribution in [2.24, 2.45) is 5.73 Å². The van der Waals surface area contributed by atoms with Gasteiger partial charge in [0, 0.05) is 25.7 Å². The Labute approximate surface area is 146 Å². The monoisotopic (exact) mass is 343 g/mol. The molecule has 0 aliphatic rings. The highest BCUT2D eigenvalue weighted by Crippen LogP contribution is 2.10. The van der Waals surface area contributed by atoms with Crippen LogP contribution < -0.4 is 5.73 Å². The van der Waals surface area contributed by atoms with E-state index in [1.54, 1.807) is 30.1 Å². The molecule has 0 fully saturated rings. The number of carbonyl (C=O) groups excluding carboxylic acids is 2. The first-order valence-electron chi connectivity index (χ1n) is 7.97. The van der Waals surface area contributed by atoms with Gasteiger partial charge in [-0.2, -0.15) is 0 Å². The van der Waals surface area contributed by atoms with E-state index in [9.17, 15) is 14.0 Å². The summed E-state index contributed by atoms with van der Waals surface area (Å²) in [5.74, 6) is -1.05. The lowest BCUT2D eigenvalue weighted by molar-refractivity contribution is -0.132. The normalized spacial score (nSPS) is 10.7. The summed E-state index contributed by atoms with van der Waals surface area (Å²) in [6.07, 6.45) is 0. The lowest BCUT2D eigenvalue weighted by Gasteiger charge is -2.24. The number of likely N-dealkylation sites (N-methyl/N-ethyl adjacent to an activating group) is 1. The minimum absolute atomic E-state index is 0.0197. The van der Waals surface area contributed by atoms with Crippen LogP contribution in [-0.4, -0.2) is 41.8 Å². The fraction of sp³-hybridized carbons (Fsp3) is 0.263. The summed E-state index contributed by atoms with van der Waals surface area (Å²) in [5, 5.41) is 0. The number of primary amides is 1. The molecule has 0 aromatic heterocycles. The fourth-order valence-electron chi connectivity index (χ4n) is 2.51. The average molecular weight is 343 g/mol. The molecule has 0 aliphatic carbocycles. The third-order valence-electron chi connectivity index (χ3n) is 3.78. The molecule has 0 unspecified atom stereocenters. The van der Waals surface area contributed by atoms with Crippen LogP contribution in [0.2, 0.25) is 0 Å². The van der Waals surface area contributed by atoms with E-state index in [0.717, 1.165) is 5.56 Å². The van der Waals surface area contributed by atoms with Crippen LogP contribution in [0, 0.1) is 5.82 Å². The van der Waals surface area contributed by atoms with Crippen LogP contribution in [0.1, 0.15) is 11.1 Å². The van der Waals surface area contributed by atoms with Crippen LogP contribution in [-0.2, 0) is 22.7 Å². The third kappa shape index (κ3) is 6.00. The number of benzene rings is 2. The number of hydrogen-bond acceptors (Lipinski definition) is 3. The highest BCUT2D eigenvalue weighted by Gasteiger charge is 2.17. The Morgan fingerprint density at radius 2 is 1.60 bits per heavy atom. The molecule has 6 heteroatoms. The highest BCUT2D eigenvalue weighted by molar-refractivity contribution is 5.80. The van der Waals surface area contributed by atoms with E-state index >= 15 is 0 Å². The zero-order chi connectivity index (χ0) is 18.2. The van der Waals surface area contributed by atoms with Crippen LogP contribution >= 0.6 is 0 Å². The van der Waals surface area contributed by atoms with E-state index in [1.165, 1.54) is 11.0 Å². The first kappa shape index (κ1) is 18.6. The number of amides is 2. The van der Waals surface area contributed by atoms with Crippen molar-refractivity contribution in [3.63, 3.8) is 0 Å². The first-order chi connectivity index (χ1) is 12.0. The molecular formula is C19H22FN3O2. The van der Waals surface area contributed by atoms with Crippen molar-refractivity contribution in [3.8, 4) is 0 Å². The van der Waals surface area contributed by atoms with Crippen molar-refractivity contribution in [1.82, 2.24) is 9.80 Å². The predicted octanol–water partition coefficient (Wildman–Crippen LogP) is 1.77. The van der Waals surface area contributed by atoms with Gasteiger partial charge in [-0.3, -0.25) is 14.5 Å². The van der Waals surface area contributed by atoms with Crippen LogP contribution in [0.25, 0.3) is 0 Å². The number of halogens is 1. The summed E-state index contributed by atoms with van der Waals surface area (Å²) in [6, 6.07) is 15.9. The Hall–Kier alpha value is -2.73. The SMILES string of the molecule is CN(Cc1ccccc1F)C(=O)CN(CC(N)=O)Cc1ccccc1. The lowest BCUT2D eigenvalue weighted by Crippen LogP contribution is -2.41. The van der Waals surface area contributed by atoms with Crippen LogP contribution in [0.5, 0.6) is 0 Å². The molecule has 0 bridgehead atoms. The Bertz CT molecular complexity index is 722. The zero-order valence-electron chi connectivity index (χ0n) is 14.2. The standard InChI is InChI=1S/C19H22FN3O2/c1-22(12-16-9-5-6-10-17(16)20)19(25)14-23(13-18(21)24)11-15-7-3-2-4-8-15/h2-10H,11-14H2,1H3,(H2,21,24). The number of carbonyl (C=O) groups is 2. The van der Waals surface area contributed by atoms with Crippen LogP contribution in [0.15, 0.2) is 54.6 Å². The summed E-state index contributed by atoms with van der Waals surface area (Å²) < 4.78 is 13.7. The fourth-order valence-corrected chi connectivity index (χ4v) is 2.51. The second-order valence-corrected chi connectivity index (χ2v) is 5.94. The molecule has 0 spiro atoms. The van der Waals surface area contributed by atoms with Crippen molar-refractivity contribution in [2.45, 2.75) is 13.1 Å². The van der Waals surface area contributed by atoms with Crippen LogP contribution in [0.4, 0.5) is 4.39 Å². The van der Waals surface area contributed by atoms with Crippen molar-refractivity contribution < 1.29 is 14.0 Å². The summed E-state index contributed by atoms with van der Waals surface area (Å²) in [6.45, 7) is 0.612. The van der Waals surface area contributed by atoms with E-state index < -0.39 is 5.91 Å². The molecule has 2 amide bonds. The molecule has 0 radical (unpaired) electrons. The second-order valence-electron chi connectivity index (χ2n) is 5.94. The van der Waals surface area contributed by atoms with Gasteiger partial charge in [0.1, 0.15) is 5.82 Å². The molecule has 0 saturated carbocycles. The molecule has 132 valence electrons. The van der Waals surface area contributed by atoms with E-state index in [-0.39, 0.29) is 31.4 Å². The Balaban J connectivity index is 2.00. The minimum Gasteiger partial charge on any atom is -0.369 e. The van der Waals surface area contributed by atoms with Gasteiger partial charge in [0.2, 0.25) is 11.8 Å². The molecule has 25 heavy (non-hydrogen) atoms. The van der Waals surface area contributed by atoms with Gasteiger partial charge in [-0.05, 0) is 11.6 Å². The summed E-state index contributed by atoms with van der Waals surface area (Å²) in [4.78, 5) is 26.9. The quantitative estimate of drug-likeness (QED) is 0.794. The average Bonchev–Trinajstić information content (AvgIpc) is 2.57. The van der Waals surface area contributed by atoms with Gasteiger partial charge in [-0.25, -0.2) is 4.39 Å². The van der Waals surface area contributed by atoms with Gasteiger partial charge in [0.15, 0.2) is 0 Å². The number of rotatable bonds is 8. The van der Waals surface area contributed by atoms with Gasteiger partial charge in [-0.1, -0.05) is 48.5 Å². The molecular weight excluding hydrogens is 321 g/mol. The zero-order valence-corrected chi connectivity index (χ0v) is 14.2. The van der Waals surface area contributed by atoms with E-state index in [0.29, 0.717) is 12.1 Å². The van der Waals surface area contributed by atoms with E-state index in [2.05, 4.69) is 0 Å². The molecule has 0 saturated heterocycles. The van der Waals surface area contributed by atoms with Crippen molar-refractivity contribution in [3.05, 3.63) is 71.5 Å². The smallest absolute Gasteiger partial charge is 0.236 e. The molecule has 2 N–H and O–H groups in total. The number of nitrogens with zero attached hydrogens (tertiary/aromatic N) is 2. The Morgan fingerprint density at radius 1 is 0.960 bits per heavy atom. The topological polar surface area (TPSA) is 66.6 Å². The summed E-state index contributed by atoms with van der Waals surface area (Å²) >= 11 is 0. The molecule has 0 atom stereocenters. The maximum absolute atomic E-state index is 13.7. The van der Waals surface area contributed by atoms with E-state index in [1.807, 2.05) is 30.3 Å². The highest BCUT2D eigenvalue weighted by atomic mass is 19.1. The number of nitrogens with two attached hydrogens (primary N) is 1. The van der Waals surface area contributed by atoms with Gasteiger partial charge < -0.3 is 10.6 Å². The van der Waals surface area contributed by atoms with Gasteiger partial charge >= 0.3 is 0 Å². The van der Waals surface area contributed by atoms with Crippen molar-refractivity contribution in [2.75, 3.05) is 20.1 Å². The largest absolute Gasteiger partial charge is 0.369 e. The maximum atomic E-state index is 13.7. The third-order valence-corrected chi connectivity index (χ3v) is 3.78. The van der Waals surface area contributed by atoms with Gasteiger partial charge in [0.05, 0.1) is 13.1 Å². The minimum atomic E-state index is -0.500. The van der Waals surface area contributed by atoms with Crippen LogP contribution in [0.3, 0.4) is 0 Å². The van der Waals surface area contributed by atoms with Crippen molar-refractivity contribution >= 4 is 11.8 Å². The van der Waals surface area contributed by atoms with E-state index in [4.69, 9.17) is 5.73 Å². The molecule has 0 aliphatic heterocycles. The number of hydrogen-bond donors (Lipinski definition) is 1. The molecule has 5 nitrogen and oxygen atoms in total. The molecule has 2 aromatic carbocycles. The van der Waals surface area contributed by atoms with Gasteiger partial charge in [-0.15, -0.1) is 0 Å². The molecule has 0 heterocycles. The molecule has 2 aromatic rings. The Kier molecular flexibility index (Phi) is 6.65. The maximum Gasteiger partial charge on any atom is 0.236 e. The molecule has 2 rings (SSSR count). The lowest BCUT2D eigenvalue weighted by atomic mass is 10.2. The predicted molar refractivity (Wildman–Crippen MR) is 93.8 cm³/mol. The first-order valence-corrected chi connectivity index (χ1v) is 7.97. The van der Waals surface area contributed by atoms with Crippen molar-refractivity contribution in [1.29, 1.82) is 0 Å². The second kappa shape index (κ2) is 8.94.